The third-order valence-electron chi connectivity index (χ3n) is 3.57. The van der Waals surface area contributed by atoms with Crippen molar-refractivity contribution in [3.05, 3.63) is 69.7 Å². The molecule has 0 unspecified atom stereocenters. The molecule has 0 atom stereocenters. The van der Waals surface area contributed by atoms with Crippen LogP contribution in [-0.4, -0.2) is 17.0 Å². The van der Waals surface area contributed by atoms with E-state index in [1.165, 1.54) is 11.3 Å². The average Bonchev–Trinajstić information content (AvgIpc) is 3.30. The lowest BCUT2D eigenvalue weighted by molar-refractivity contribution is -0.129. The highest BCUT2D eigenvalue weighted by Crippen LogP contribution is 2.29. The first-order valence-electron chi connectivity index (χ1n) is 7.30. The summed E-state index contributed by atoms with van der Waals surface area (Å²) in [4.78, 5) is 17.4. The summed E-state index contributed by atoms with van der Waals surface area (Å²) in [5.74, 6) is 0.302. The number of carbonyl (C=O) groups is 1. The molecule has 5 nitrogen and oxygen atoms in total. The van der Waals surface area contributed by atoms with Gasteiger partial charge in [0.2, 0.25) is 5.90 Å². The van der Waals surface area contributed by atoms with Crippen molar-refractivity contribution < 1.29 is 14.1 Å². The highest BCUT2D eigenvalue weighted by atomic mass is 32.1. The number of aliphatic imine (C=N–C) groups is 1. The summed E-state index contributed by atoms with van der Waals surface area (Å²) in [7, 11) is 0. The molecular formula is C18H12N2O3S. The minimum absolute atomic E-state index is 0.223. The van der Waals surface area contributed by atoms with Crippen LogP contribution in [0.2, 0.25) is 0 Å². The normalized spacial score (nSPS) is 15.6. The summed E-state index contributed by atoms with van der Waals surface area (Å²) < 4.78 is 10.7. The van der Waals surface area contributed by atoms with Gasteiger partial charge in [-0.15, -0.1) is 11.3 Å². The molecule has 3 heterocycles. The van der Waals surface area contributed by atoms with Crippen LogP contribution in [0.3, 0.4) is 0 Å². The smallest absolute Gasteiger partial charge is 0.363 e. The van der Waals surface area contributed by atoms with Crippen molar-refractivity contribution in [1.29, 1.82) is 0 Å². The highest BCUT2D eigenvalue weighted by molar-refractivity contribution is 7.10. The van der Waals surface area contributed by atoms with Gasteiger partial charge < -0.3 is 9.26 Å². The standard InChI is InChI=1S/C18H12N2O3S/c1-11-15(16(20-23-11)12-6-3-2-4-7-12)17-19-14(18(21)22-17)10-13-8-5-9-24-13/h2-10H,1H3/b14-10-. The molecule has 0 fully saturated rings. The number of esters is 1. The summed E-state index contributed by atoms with van der Waals surface area (Å²) in [5, 5.41) is 6.03. The van der Waals surface area contributed by atoms with Gasteiger partial charge in [-0.2, -0.15) is 0 Å². The number of hydrogen-bond donors (Lipinski definition) is 0. The number of thiophene rings is 1. The molecule has 0 spiro atoms. The van der Waals surface area contributed by atoms with Crippen LogP contribution in [0.1, 0.15) is 16.2 Å². The zero-order chi connectivity index (χ0) is 16.5. The van der Waals surface area contributed by atoms with Crippen LogP contribution in [0.25, 0.3) is 17.3 Å². The number of rotatable bonds is 3. The lowest BCUT2D eigenvalue weighted by atomic mass is 10.1. The second-order valence-corrected chi connectivity index (χ2v) is 6.16. The fourth-order valence-corrected chi connectivity index (χ4v) is 3.09. The van der Waals surface area contributed by atoms with Crippen molar-refractivity contribution in [1.82, 2.24) is 5.16 Å². The Morgan fingerprint density at radius 2 is 1.96 bits per heavy atom. The third-order valence-corrected chi connectivity index (χ3v) is 4.39. The Hall–Kier alpha value is -2.99. The summed E-state index contributed by atoms with van der Waals surface area (Å²) in [6.07, 6.45) is 1.71. The van der Waals surface area contributed by atoms with Crippen molar-refractivity contribution in [3.63, 3.8) is 0 Å². The Labute approximate surface area is 141 Å². The van der Waals surface area contributed by atoms with Crippen molar-refractivity contribution in [2.24, 2.45) is 4.99 Å². The Morgan fingerprint density at radius 1 is 1.12 bits per heavy atom. The molecule has 4 rings (SSSR count). The van der Waals surface area contributed by atoms with Crippen LogP contribution in [0.5, 0.6) is 0 Å². The minimum atomic E-state index is -0.474. The van der Waals surface area contributed by atoms with Crippen LogP contribution < -0.4 is 0 Å². The predicted octanol–water partition coefficient (Wildman–Crippen LogP) is 4.06. The molecule has 0 radical (unpaired) electrons. The summed E-state index contributed by atoms with van der Waals surface area (Å²) in [6, 6.07) is 13.4. The first kappa shape index (κ1) is 14.6. The van der Waals surface area contributed by atoms with E-state index in [1.807, 2.05) is 47.8 Å². The number of aryl methyl sites for hydroxylation is 1. The van der Waals surface area contributed by atoms with Gasteiger partial charge in [-0.25, -0.2) is 9.79 Å². The number of nitrogens with zero attached hydrogens (tertiary/aromatic N) is 2. The Morgan fingerprint density at radius 3 is 2.71 bits per heavy atom. The first-order valence-corrected chi connectivity index (χ1v) is 8.18. The second-order valence-electron chi connectivity index (χ2n) is 5.18. The summed E-state index contributed by atoms with van der Waals surface area (Å²) in [6.45, 7) is 1.77. The molecule has 24 heavy (non-hydrogen) atoms. The summed E-state index contributed by atoms with van der Waals surface area (Å²) in [5.41, 5.74) is 2.35. The van der Waals surface area contributed by atoms with E-state index >= 15 is 0 Å². The van der Waals surface area contributed by atoms with Crippen LogP contribution in [0, 0.1) is 6.92 Å². The number of hydrogen-bond acceptors (Lipinski definition) is 6. The predicted molar refractivity (Wildman–Crippen MR) is 91.6 cm³/mol. The van der Waals surface area contributed by atoms with Crippen molar-refractivity contribution in [2.45, 2.75) is 6.92 Å². The molecule has 118 valence electrons. The zero-order valence-corrected chi connectivity index (χ0v) is 13.5. The van der Waals surface area contributed by atoms with Crippen molar-refractivity contribution >= 4 is 29.3 Å². The van der Waals surface area contributed by atoms with Crippen molar-refractivity contribution in [3.8, 4) is 11.3 Å². The molecule has 2 aromatic heterocycles. The van der Waals surface area contributed by atoms with Gasteiger partial charge in [0.05, 0.1) is 0 Å². The highest BCUT2D eigenvalue weighted by Gasteiger charge is 2.30. The van der Waals surface area contributed by atoms with E-state index < -0.39 is 5.97 Å². The third kappa shape index (κ3) is 2.57. The van der Waals surface area contributed by atoms with Gasteiger partial charge in [0, 0.05) is 10.4 Å². The minimum Gasteiger partial charge on any atom is -0.402 e. The molecule has 0 N–H and O–H groups in total. The Kier molecular flexibility index (Phi) is 3.59. The number of carbonyl (C=O) groups excluding carboxylic acids is 1. The van der Waals surface area contributed by atoms with E-state index in [0.29, 0.717) is 17.0 Å². The van der Waals surface area contributed by atoms with Gasteiger partial charge in [0.1, 0.15) is 17.0 Å². The van der Waals surface area contributed by atoms with E-state index in [4.69, 9.17) is 9.26 Å². The topological polar surface area (TPSA) is 64.7 Å². The quantitative estimate of drug-likeness (QED) is 0.534. The van der Waals surface area contributed by atoms with E-state index in [9.17, 15) is 4.79 Å². The van der Waals surface area contributed by atoms with Gasteiger partial charge >= 0.3 is 5.97 Å². The Bertz CT molecular complexity index is 954. The molecule has 0 aliphatic carbocycles. The molecule has 0 saturated heterocycles. The largest absolute Gasteiger partial charge is 0.402 e. The molecule has 3 aromatic rings. The fourth-order valence-electron chi connectivity index (χ4n) is 2.44. The molecule has 1 aliphatic rings. The van der Waals surface area contributed by atoms with Crippen LogP contribution >= 0.6 is 11.3 Å². The summed E-state index contributed by atoms with van der Waals surface area (Å²) >= 11 is 1.53. The van der Waals surface area contributed by atoms with E-state index in [-0.39, 0.29) is 11.6 Å². The molecule has 0 saturated carbocycles. The van der Waals surface area contributed by atoms with Gasteiger partial charge in [-0.3, -0.25) is 0 Å². The van der Waals surface area contributed by atoms with Gasteiger partial charge in [-0.05, 0) is 24.4 Å². The SMILES string of the molecule is Cc1onc(-c2ccccc2)c1C1=N/C(=C\c2cccs2)C(=O)O1. The number of benzene rings is 1. The zero-order valence-electron chi connectivity index (χ0n) is 12.7. The Balaban J connectivity index is 1.78. The van der Waals surface area contributed by atoms with Crippen molar-refractivity contribution in [2.75, 3.05) is 0 Å². The number of aromatic nitrogens is 1. The van der Waals surface area contributed by atoms with Gasteiger partial charge in [0.25, 0.3) is 0 Å². The number of cyclic esters (lactones) is 1. The van der Waals surface area contributed by atoms with Crippen LogP contribution in [-0.2, 0) is 9.53 Å². The second kappa shape index (κ2) is 5.90. The fraction of sp³-hybridized carbons (Fsp3) is 0.0556. The van der Waals surface area contributed by atoms with Gasteiger partial charge in [-0.1, -0.05) is 41.6 Å². The lowest BCUT2D eigenvalue weighted by Crippen LogP contribution is -2.07. The van der Waals surface area contributed by atoms with Crippen LogP contribution in [0.4, 0.5) is 0 Å². The maximum atomic E-state index is 12.1. The molecule has 1 aliphatic heterocycles. The molecule has 6 heteroatoms. The monoisotopic (exact) mass is 336 g/mol. The molecule has 0 amide bonds. The molecule has 0 bridgehead atoms. The van der Waals surface area contributed by atoms with Gasteiger partial charge in [0.15, 0.2) is 5.70 Å². The molecular weight excluding hydrogens is 324 g/mol. The first-order chi connectivity index (χ1) is 11.7. The lowest BCUT2D eigenvalue weighted by Gasteiger charge is -2.01. The van der Waals surface area contributed by atoms with E-state index in [0.717, 1.165) is 10.4 Å². The molecule has 1 aromatic carbocycles. The van der Waals surface area contributed by atoms with E-state index in [1.54, 1.807) is 13.0 Å². The maximum Gasteiger partial charge on any atom is 0.363 e. The average molecular weight is 336 g/mol. The van der Waals surface area contributed by atoms with Crippen LogP contribution in [0.15, 0.2) is 63.1 Å². The maximum absolute atomic E-state index is 12.1. The number of ether oxygens (including phenoxy) is 1. The van der Waals surface area contributed by atoms with E-state index in [2.05, 4.69) is 10.1 Å².